The SMILES string of the molecule is CC(c1nccs1)N1CCN(c2ccnc(C(=O)NCc3ccccc3)c2)CC1. The summed E-state index contributed by atoms with van der Waals surface area (Å²) in [5.41, 5.74) is 2.57. The number of pyridine rings is 1. The number of benzene rings is 1. The van der Waals surface area contributed by atoms with Gasteiger partial charge in [-0.3, -0.25) is 14.7 Å². The molecule has 150 valence electrons. The summed E-state index contributed by atoms with van der Waals surface area (Å²) >= 11 is 1.71. The van der Waals surface area contributed by atoms with Crippen LogP contribution in [-0.4, -0.2) is 47.0 Å². The quantitative estimate of drug-likeness (QED) is 0.679. The molecule has 1 aliphatic heterocycles. The van der Waals surface area contributed by atoms with Gasteiger partial charge in [-0.15, -0.1) is 11.3 Å². The van der Waals surface area contributed by atoms with Crippen LogP contribution < -0.4 is 10.2 Å². The van der Waals surface area contributed by atoms with Crippen molar-refractivity contribution in [1.82, 2.24) is 20.2 Å². The van der Waals surface area contributed by atoms with Crippen molar-refractivity contribution < 1.29 is 4.79 Å². The van der Waals surface area contributed by atoms with Crippen LogP contribution in [-0.2, 0) is 6.54 Å². The van der Waals surface area contributed by atoms with Gasteiger partial charge in [0.15, 0.2) is 0 Å². The van der Waals surface area contributed by atoms with Crippen molar-refractivity contribution in [1.29, 1.82) is 0 Å². The molecule has 4 rings (SSSR count). The maximum Gasteiger partial charge on any atom is 0.270 e. The van der Waals surface area contributed by atoms with Gasteiger partial charge in [0.1, 0.15) is 10.7 Å². The van der Waals surface area contributed by atoms with Gasteiger partial charge < -0.3 is 10.2 Å². The summed E-state index contributed by atoms with van der Waals surface area (Å²) in [6.45, 7) is 6.50. The molecule has 0 saturated carbocycles. The van der Waals surface area contributed by atoms with Crippen molar-refractivity contribution in [2.45, 2.75) is 19.5 Å². The van der Waals surface area contributed by atoms with Crippen molar-refractivity contribution in [2.24, 2.45) is 0 Å². The topological polar surface area (TPSA) is 61.4 Å². The number of carbonyl (C=O) groups excluding carboxylic acids is 1. The van der Waals surface area contributed by atoms with E-state index in [1.54, 1.807) is 17.5 Å². The Bertz CT molecular complexity index is 923. The zero-order chi connectivity index (χ0) is 20.1. The third kappa shape index (κ3) is 4.81. The smallest absolute Gasteiger partial charge is 0.270 e. The van der Waals surface area contributed by atoms with Crippen LogP contribution >= 0.6 is 11.3 Å². The number of amides is 1. The van der Waals surface area contributed by atoms with Crippen molar-refractivity contribution in [2.75, 3.05) is 31.1 Å². The number of hydrogen-bond acceptors (Lipinski definition) is 6. The molecule has 0 bridgehead atoms. The predicted octanol–water partition coefficient (Wildman–Crippen LogP) is 3.35. The van der Waals surface area contributed by atoms with Gasteiger partial charge in [0.2, 0.25) is 0 Å². The Morgan fingerprint density at radius 2 is 1.90 bits per heavy atom. The fraction of sp³-hybridized carbons (Fsp3) is 0.318. The fourth-order valence-electron chi connectivity index (χ4n) is 3.57. The summed E-state index contributed by atoms with van der Waals surface area (Å²) in [5.74, 6) is -0.147. The molecule has 1 unspecified atom stereocenters. The first-order valence-electron chi connectivity index (χ1n) is 9.87. The third-order valence-electron chi connectivity index (χ3n) is 5.31. The van der Waals surface area contributed by atoms with E-state index in [1.165, 1.54) is 5.01 Å². The fourth-order valence-corrected chi connectivity index (χ4v) is 4.30. The van der Waals surface area contributed by atoms with E-state index in [0.29, 0.717) is 18.3 Å². The molecular formula is C22H25N5OS. The molecule has 1 atom stereocenters. The lowest BCUT2D eigenvalue weighted by Gasteiger charge is -2.38. The minimum Gasteiger partial charge on any atom is -0.369 e. The molecule has 1 aromatic carbocycles. The Balaban J connectivity index is 1.34. The van der Waals surface area contributed by atoms with E-state index in [0.717, 1.165) is 37.4 Å². The van der Waals surface area contributed by atoms with Crippen molar-refractivity contribution >= 4 is 22.9 Å². The number of rotatable bonds is 6. The zero-order valence-electron chi connectivity index (χ0n) is 16.5. The predicted molar refractivity (Wildman–Crippen MR) is 116 cm³/mol. The van der Waals surface area contributed by atoms with E-state index in [9.17, 15) is 4.79 Å². The molecule has 2 aromatic heterocycles. The first kappa shape index (κ1) is 19.5. The van der Waals surface area contributed by atoms with E-state index in [-0.39, 0.29) is 5.91 Å². The number of nitrogens with zero attached hydrogens (tertiary/aromatic N) is 4. The number of carbonyl (C=O) groups is 1. The van der Waals surface area contributed by atoms with E-state index in [4.69, 9.17) is 0 Å². The Kier molecular flexibility index (Phi) is 6.17. The maximum atomic E-state index is 12.5. The van der Waals surface area contributed by atoms with Gasteiger partial charge in [-0.1, -0.05) is 30.3 Å². The average molecular weight is 408 g/mol. The first-order valence-corrected chi connectivity index (χ1v) is 10.8. The van der Waals surface area contributed by atoms with Gasteiger partial charge in [0.25, 0.3) is 5.91 Å². The van der Waals surface area contributed by atoms with Gasteiger partial charge in [0.05, 0.1) is 6.04 Å². The van der Waals surface area contributed by atoms with Crippen LogP contribution in [0.2, 0.25) is 0 Å². The molecule has 3 heterocycles. The second-order valence-electron chi connectivity index (χ2n) is 7.14. The molecule has 0 aliphatic carbocycles. The van der Waals surface area contributed by atoms with Crippen LogP contribution in [0.25, 0.3) is 0 Å². The highest BCUT2D eigenvalue weighted by atomic mass is 32.1. The zero-order valence-corrected chi connectivity index (χ0v) is 17.3. The molecular weight excluding hydrogens is 382 g/mol. The molecule has 1 N–H and O–H groups in total. The van der Waals surface area contributed by atoms with Gasteiger partial charge in [-0.05, 0) is 24.6 Å². The number of anilines is 1. The number of aromatic nitrogens is 2. The molecule has 0 radical (unpaired) electrons. The van der Waals surface area contributed by atoms with Gasteiger partial charge in [0, 0.05) is 56.2 Å². The lowest BCUT2D eigenvalue weighted by molar-refractivity contribution is 0.0946. The molecule has 29 heavy (non-hydrogen) atoms. The van der Waals surface area contributed by atoms with E-state index < -0.39 is 0 Å². The number of hydrogen-bond donors (Lipinski definition) is 1. The summed E-state index contributed by atoms with van der Waals surface area (Å²) in [4.78, 5) is 26.0. The van der Waals surface area contributed by atoms with Crippen LogP contribution in [0.15, 0.2) is 60.2 Å². The lowest BCUT2D eigenvalue weighted by Crippen LogP contribution is -2.47. The monoisotopic (exact) mass is 407 g/mol. The molecule has 0 spiro atoms. The molecule has 3 aromatic rings. The molecule has 1 amide bonds. The van der Waals surface area contributed by atoms with Gasteiger partial charge in [-0.25, -0.2) is 4.98 Å². The minimum absolute atomic E-state index is 0.147. The summed E-state index contributed by atoms with van der Waals surface area (Å²) in [6, 6.07) is 14.1. The van der Waals surface area contributed by atoms with Crippen LogP contribution in [0.1, 0.15) is 34.0 Å². The average Bonchev–Trinajstić information content (AvgIpc) is 3.33. The van der Waals surface area contributed by atoms with Gasteiger partial charge in [-0.2, -0.15) is 0 Å². The van der Waals surface area contributed by atoms with Crippen LogP contribution in [0.4, 0.5) is 5.69 Å². The highest BCUT2D eigenvalue weighted by Gasteiger charge is 2.24. The van der Waals surface area contributed by atoms with Crippen LogP contribution in [0.3, 0.4) is 0 Å². The second kappa shape index (κ2) is 9.15. The Morgan fingerprint density at radius 3 is 2.62 bits per heavy atom. The first-order chi connectivity index (χ1) is 14.2. The van der Waals surface area contributed by atoms with E-state index in [1.807, 2.05) is 54.0 Å². The highest BCUT2D eigenvalue weighted by Crippen LogP contribution is 2.25. The second-order valence-corrected chi connectivity index (χ2v) is 8.06. The molecule has 6 nitrogen and oxygen atoms in total. The van der Waals surface area contributed by atoms with Crippen molar-refractivity contribution in [3.63, 3.8) is 0 Å². The van der Waals surface area contributed by atoms with Crippen molar-refractivity contribution in [3.8, 4) is 0 Å². The van der Waals surface area contributed by atoms with Crippen molar-refractivity contribution in [3.05, 3.63) is 76.5 Å². The lowest BCUT2D eigenvalue weighted by atomic mass is 10.2. The van der Waals surface area contributed by atoms with Crippen LogP contribution in [0, 0.1) is 0 Å². The Labute approximate surface area is 175 Å². The standard InChI is InChI=1S/C22H25N5OS/c1-17(22-24-9-14-29-22)26-10-12-27(13-11-26)19-7-8-23-20(15-19)21(28)25-16-18-5-3-2-4-6-18/h2-9,14-15,17H,10-13,16H2,1H3,(H,25,28). The maximum absolute atomic E-state index is 12.5. The van der Waals surface area contributed by atoms with Gasteiger partial charge >= 0.3 is 0 Å². The van der Waals surface area contributed by atoms with E-state index >= 15 is 0 Å². The normalized spacial score (nSPS) is 15.8. The molecule has 1 saturated heterocycles. The number of piperazine rings is 1. The van der Waals surface area contributed by atoms with E-state index in [2.05, 4.69) is 32.0 Å². The van der Waals surface area contributed by atoms with Crippen LogP contribution in [0.5, 0.6) is 0 Å². The molecule has 1 aliphatic rings. The Morgan fingerprint density at radius 1 is 1.10 bits per heavy atom. The number of thiazole rings is 1. The third-order valence-corrected chi connectivity index (χ3v) is 6.25. The molecule has 7 heteroatoms. The Hall–Kier alpha value is -2.77. The summed E-state index contributed by atoms with van der Waals surface area (Å²) in [5, 5.41) is 6.15. The molecule has 1 fully saturated rings. The highest BCUT2D eigenvalue weighted by molar-refractivity contribution is 7.09. The minimum atomic E-state index is -0.147. The summed E-state index contributed by atoms with van der Waals surface area (Å²) in [7, 11) is 0. The number of nitrogens with one attached hydrogen (secondary N) is 1. The summed E-state index contributed by atoms with van der Waals surface area (Å²) < 4.78 is 0. The summed E-state index contributed by atoms with van der Waals surface area (Å²) in [6.07, 6.45) is 3.59. The largest absolute Gasteiger partial charge is 0.369 e.